The third-order valence-corrected chi connectivity index (χ3v) is 4.02. The average Bonchev–Trinajstić information content (AvgIpc) is 2.66. The molecule has 0 radical (unpaired) electrons. The van der Waals surface area contributed by atoms with E-state index in [0.29, 0.717) is 17.4 Å². The molecular weight excluding hydrogens is 350 g/mol. The lowest BCUT2D eigenvalue weighted by Crippen LogP contribution is -2.48. The minimum atomic E-state index is -0.322. The van der Waals surface area contributed by atoms with Gasteiger partial charge in [0.25, 0.3) is 5.91 Å². The minimum Gasteiger partial charge on any atom is -0.497 e. The average molecular weight is 373 g/mol. The number of nitrogens with one attached hydrogen (secondary N) is 3. The Morgan fingerprint density at radius 2 is 1.69 bits per heavy atom. The molecule has 0 spiro atoms. The zero-order valence-corrected chi connectivity index (χ0v) is 15.9. The van der Waals surface area contributed by atoms with Crippen LogP contribution in [-0.4, -0.2) is 24.7 Å². The normalized spacial score (nSPS) is 9.96. The molecule has 0 bridgehead atoms. The van der Waals surface area contributed by atoms with Gasteiger partial charge in [0.2, 0.25) is 0 Å². The SMILES string of the molecule is COc1ccc(CNC(=S)NNC(=O)COc2ccc(C)c(C)c2)cc1. The number of rotatable bonds is 6. The number of methoxy groups -OCH3 is 1. The summed E-state index contributed by atoms with van der Waals surface area (Å²) < 4.78 is 10.6. The molecule has 0 saturated heterocycles. The van der Waals surface area contributed by atoms with Crippen LogP contribution in [-0.2, 0) is 11.3 Å². The Balaban J connectivity index is 1.67. The zero-order chi connectivity index (χ0) is 18.9. The molecule has 0 unspecified atom stereocenters. The number of ether oxygens (including phenoxy) is 2. The summed E-state index contributed by atoms with van der Waals surface area (Å²) in [4.78, 5) is 11.8. The highest BCUT2D eigenvalue weighted by atomic mass is 32.1. The second-order valence-electron chi connectivity index (χ2n) is 5.74. The Morgan fingerprint density at radius 1 is 1.00 bits per heavy atom. The molecule has 2 rings (SSSR count). The number of amides is 1. The second kappa shape index (κ2) is 9.62. The summed E-state index contributed by atoms with van der Waals surface area (Å²) in [6.45, 7) is 4.45. The lowest BCUT2D eigenvalue weighted by molar-refractivity contribution is -0.123. The third-order valence-electron chi connectivity index (χ3n) is 3.78. The zero-order valence-electron chi connectivity index (χ0n) is 15.1. The maximum Gasteiger partial charge on any atom is 0.276 e. The molecule has 0 atom stereocenters. The van der Waals surface area contributed by atoms with Crippen molar-refractivity contribution in [2.75, 3.05) is 13.7 Å². The summed E-state index contributed by atoms with van der Waals surface area (Å²) in [5.41, 5.74) is 8.48. The summed E-state index contributed by atoms with van der Waals surface area (Å²) >= 11 is 5.13. The number of carbonyl (C=O) groups excluding carboxylic acids is 1. The molecule has 0 saturated carbocycles. The molecule has 0 aliphatic heterocycles. The molecule has 3 N–H and O–H groups in total. The quantitative estimate of drug-likeness (QED) is 0.533. The lowest BCUT2D eigenvalue weighted by Gasteiger charge is -2.12. The highest BCUT2D eigenvalue weighted by Crippen LogP contribution is 2.16. The van der Waals surface area contributed by atoms with Crippen molar-refractivity contribution in [1.29, 1.82) is 0 Å². The predicted octanol–water partition coefficient (Wildman–Crippen LogP) is 2.39. The fraction of sp³-hybridized carbons (Fsp3) is 0.263. The molecule has 138 valence electrons. The first-order valence-electron chi connectivity index (χ1n) is 8.13. The fourth-order valence-electron chi connectivity index (χ4n) is 2.09. The Kier molecular flexibility index (Phi) is 7.23. The molecular formula is C19H23N3O3S. The van der Waals surface area contributed by atoms with Gasteiger partial charge in [-0.25, -0.2) is 0 Å². The van der Waals surface area contributed by atoms with Gasteiger partial charge in [-0.3, -0.25) is 15.6 Å². The Labute approximate surface area is 158 Å². The van der Waals surface area contributed by atoms with Crippen LogP contribution < -0.4 is 25.6 Å². The van der Waals surface area contributed by atoms with Crippen LogP contribution in [0.4, 0.5) is 0 Å². The molecule has 7 heteroatoms. The highest BCUT2D eigenvalue weighted by molar-refractivity contribution is 7.80. The van der Waals surface area contributed by atoms with Crippen molar-refractivity contribution < 1.29 is 14.3 Å². The summed E-state index contributed by atoms with van der Waals surface area (Å²) in [6, 6.07) is 13.3. The summed E-state index contributed by atoms with van der Waals surface area (Å²) in [5.74, 6) is 1.13. The van der Waals surface area contributed by atoms with Gasteiger partial charge in [-0.2, -0.15) is 0 Å². The highest BCUT2D eigenvalue weighted by Gasteiger charge is 2.04. The molecule has 0 heterocycles. The number of carbonyl (C=O) groups is 1. The topological polar surface area (TPSA) is 71.6 Å². The monoisotopic (exact) mass is 373 g/mol. The Hall–Kier alpha value is -2.80. The maximum absolute atomic E-state index is 11.8. The van der Waals surface area contributed by atoms with Crippen molar-refractivity contribution in [3.8, 4) is 11.5 Å². The van der Waals surface area contributed by atoms with E-state index >= 15 is 0 Å². The van der Waals surface area contributed by atoms with E-state index in [2.05, 4.69) is 16.2 Å². The molecule has 0 fully saturated rings. The second-order valence-corrected chi connectivity index (χ2v) is 6.15. The lowest BCUT2D eigenvalue weighted by atomic mass is 10.1. The summed E-state index contributed by atoms with van der Waals surface area (Å²) in [6.07, 6.45) is 0. The number of hydrogen-bond acceptors (Lipinski definition) is 4. The smallest absolute Gasteiger partial charge is 0.276 e. The summed E-state index contributed by atoms with van der Waals surface area (Å²) in [7, 11) is 1.62. The number of aryl methyl sites for hydroxylation is 2. The number of hydrazine groups is 1. The van der Waals surface area contributed by atoms with Gasteiger partial charge in [-0.05, 0) is 67.0 Å². The van der Waals surface area contributed by atoms with Gasteiger partial charge in [0, 0.05) is 6.54 Å². The van der Waals surface area contributed by atoms with Crippen LogP contribution in [0.3, 0.4) is 0 Å². The largest absolute Gasteiger partial charge is 0.497 e. The van der Waals surface area contributed by atoms with Crippen molar-refractivity contribution in [3.63, 3.8) is 0 Å². The minimum absolute atomic E-state index is 0.101. The molecule has 2 aromatic rings. The number of hydrogen-bond donors (Lipinski definition) is 3. The Morgan fingerprint density at radius 3 is 2.35 bits per heavy atom. The molecule has 1 amide bonds. The first-order valence-corrected chi connectivity index (χ1v) is 8.54. The van der Waals surface area contributed by atoms with Crippen LogP contribution in [0.1, 0.15) is 16.7 Å². The van der Waals surface area contributed by atoms with Crippen LogP contribution in [0.5, 0.6) is 11.5 Å². The van der Waals surface area contributed by atoms with Gasteiger partial charge in [0.05, 0.1) is 7.11 Å². The number of benzene rings is 2. The van der Waals surface area contributed by atoms with E-state index in [0.717, 1.165) is 16.9 Å². The van der Waals surface area contributed by atoms with Gasteiger partial charge in [0.15, 0.2) is 11.7 Å². The fourth-order valence-corrected chi connectivity index (χ4v) is 2.21. The van der Waals surface area contributed by atoms with Crippen LogP contribution in [0, 0.1) is 13.8 Å². The van der Waals surface area contributed by atoms with E-state index in [4.69, 9.17) is 21.7 Å². The van der Waals surface area contributed by atoms with Crippen molar-refractivity contribution in [3.05, 3.63) is 59.2 Å². The molecule has 2 aromatic carbocycles. The third kappa shape index (κ3) is 6.25. The van der Waals surface area contributed by atoms with Crippen LogP contribution in [0.25, 0.3) is 0 Å². The van der Waals surface area contributed by atoms with Crippen LogP contribution in [0.15, 0.2) is 42.5 Å². The van der Waals surface area contributed by atoms with E-state index in [1.165, 1.54) is 5.56 Å². The first-order chi connectivity index (χ1) is 12.5. The van der Waals surface area contributed by atoms with E-state index in [1.54, 1.807) is 7.11 Å². The van der Waals surface area contributed by atoms with Gasteiger partial charge >= 0.3 is 0 Å². The summed E-state index contributed by atoms with van der Waals surface area (Å²) in [5, 5.41) is 3.32. The molecule has 0 aliphatic rings. The molecule has 0 aliphatic carbocycles. The maximum atomic E-state index is 11.8. The van der Waals surface area contributed by atoms with Crippen molar-refractivity contribution in [2.24, 2.45) is 0 Å². The van der Waals surface area contributed by atoms with Crippen molar-refractivity contribution in [1.82, 2.24) is 16.2 Å². The standard InChI is InChI=1S/C19H23N3O3S/c1-13-4-7-17(10-14(13)2)25-12-18(23)21-22-19(26)20-11-15-5-8-16(24-3)9-6-15/h4-10H,11-12H2,1-3H3,(H,21,23)(H2,20,22,26). The van der Waals surface area contributed by atoms with Crippen LogP contribution in [0.2, 0.25) is 0 Å². The van der Waals surface area contributed by atoms with E-state index < -0.39 is 0 Å². The van der Waals surface area contributed by atoms with Crippen molar-refractivity contribution >= 4 is 23.2 Å². The predicted molar refractivity (Wildman–Crippen MR) is 105 cm³/mol. The van der Waals surface area contributed by atoms with Crippen LogP contribution >= 0.6 is 12.2 Å². The molecule has 0 aromatic heterocycles. The van der Waals surface area contributed by atoms with Gasteiger partial charge in [0.1, 0.15) is 11.5 Å². The number of thiocarbonyl (C=S) groups is 1. The first kappa shape index (κ1) is 19.5. The molecule has 6 nitrogen and oxygen atoms in total. The van der Waals surface area contributed by atoms with Gasteiger partial charge in [-0.1, -0.05) is 18.2 Å². The van der Waals surface area contributed by atoms with Gasteiger partial charge in [-0.15, -0.1) is 0 Å². The van der Waals surface area contributed by atoms with E-state index in [9.17, 15) is 4.79 Å². The van der Waals surface area contributed by atoms with Crippen molar-refractivity contribution in [2.45, 2.75) is 20.4 Å². The van der Waals surface area contributed by atoms with Gasteiger partial charge < -0.3 is 14.8 Å². The Bertz CT molecular complexity index is 763. The van der Waals surface area contributed by atoms with E-state index in [-0.39, 0.29) is 12.5 Å². The molecule has 26 heavy (non-hydrogen) atoms. The van der Waals surface area contributed by atoms with E-state index in [1.807, 2.05) is 56.3 Å².